The smallest absolute Gasteiger partial charge is 0.416 e. The number of hydrogen-bond donors (Lipinski definition) is 1. The van der Waals surface area contributed by atoms with Crippen LogP contribution in [0.1, 0.15) is 17.5 Å². The van der Waals surface area contributed by atoms with Crippen LogP contribution >= 0.6 is 0 Å². The average molecular weight is 536 g/mol. The Morgan fingerprint density at radius 2 is 1.89 bits per heavy atom. The number of halogens is 4. The minimum Gasteiger partial charge on any atom is -0.480 e. The minimum atomic E-state index is -4.46. The Morgan fingerprint density at radius 1 is 1.22 bits per heavy atom. The van der Waals surface area contributed by atoms with Gasteiger partial charge in [-0.2, -0.15) is 18.4 Å². The maximum absolute atomic E-state index is 13.3. The number of nitriles is 1. The number of alkyl halides is 3. The number of aromatic nitrogens is 2. The van der Waals surface area contributed by atoms with E-state index in [0.717, 1.165) is 12.1 Å². The maximum Gasteiger partial charge on any atom is 0.416 e. The third kappa shape index (κ3) is 5.81. The van der Waals surface area contributed by atoms with Gasteiger partial charge in [-0.15, -0.1) is 5.10 Å². The Bertz CT molecular complexity index is 1340. The number of carbonyl (C=O) groups is 1. The summed E-state index contributed by atoms with van der Waals surface area (Å²) in [6, 6.07) is 10.7. The second-order valence-corrected chi connectivity index (χ2v) is 9.69. The summed E-state index contributed by atoms with van der Waals surface area (Å²) in [4.78, 5) is 13.4. The van der Waals surface area contributed by atoms with Crippen molar-refractivity contribution >= 4 is 16.9 Å². The van der Waals surface area contributed by atoms with Crippen LogP contribution in [0, 0.1) is 23.1 Å². The van der Waals surface area contributed by atoms with Crippen molar-refractivity contribution in [3.8, 4) is 17.6 Å². The zero-order valence-corrected chi connectivity index (χ0v) is 20.2. The van der Waals surface area contributed by atoms with E-state index in [9.17, 15) is 31.8 Å². The number of benzene rings is 2. The molecule has 3 atom stereocenters. The van der Waals surface area contributed by atoms with Crippen LogP contribution in [0.4, 0.5) is 17.6 Å². The quantitative estimate of drug-likeness (QED) is 0.466. The van der Waals surface area contributed by atoms with Gasteiger partial charge in [-0.3, -0.25) is 4.79 Å². The van der Waals surface area contributed by atoms with Crippen LogP contribution in [0.3, 0.4) is 0 Å². The number of nitrogens with one attached hydrogen (secondary N) is 1. The molecule has 2 unspecified atom stereocenters. The van der Waals surface area contributed by atoms with E-state index in [0.29, 0.717) is 16.1 Å². The first-order valence-corrected chi connectivity index (χ1v) is 12.1. The van der Waals surface area contributed by atoms with Gasteiger partial charge in [-0.1, -0.05) is 0 Å². The van der Waals surface area contributed by atoms with Crippen molar-refractivity contribution in [1.29, 1.82) is 5.26 Å². The van der Waals surface area contributed by atoms with Crippen molar-refractivity contribution in [2.24, 2.45) is 5.92 Å². The number of nitrogens with zero attached hydrogens (tertiary/aromatic N) is 4. The molecule has 37 heavy (non-hydrogen) atoms. The fourth-order valence-electron chi connectivity index (χ4n) is 3.93. The van der Waals surface area contributed by atoms with Crippen LogP contribution in [-0.4, -0.2) is 43.9 Å². The lowest BCUT2D eigenvalue weighted by atomic mass is 10.1. The van der Waals surface area contributed by atoms with E-state index < -0.39 is 46.4 Å². The molecule has 0 bridgehead atoms. The molecule has 0 spiro atoms. The van der Waals surface area contributed by atoms with Gasteiger partial charge in [0.05, 0.1) is 40.8 Å². The number of rotatable bonds is 7. The Balaban J connectivity index is 1.48. The summed E-state index contributed by atoms with van der Waals surface area (Å²) < 4.78 is 72.9. The molecule has 2 heterocycles. The van der Waals surface area contributed by atoms with Crippen molar-refractivity contribution in [2.45, 2.75) is 30.1 Å². The average Bonchev–Trinajstić information content (AvgIpc) is 3.51. The molecular weight excluding hydrogens is 514 g/mol. The van der Waals surface area contributed by atoms with Gasteiger partial charge in [-0.25, -0.2) is 17.6 Å². The molecule has 1 aliphatic rings. The molecule has 194 valence electrons. The first-order chi connectivity index (χ1) is 17.6. The molecule has 0 radical (unpaired) electrons. The normalized spacial score (nSPS) is 18.8. The number of hydrogen-bond acceptors (Lipinski definition) is 5. The Hall–Kier alpha value is -3.76. The third-order valence-electron chi connectivity index (χ3n) is 5.83. The molecule has 3 aromatic rings. The molecule has 1 amide bonds. The molecule has 2 aromatic carbocycles. The molecule has 0 saturated carbocycles. The standard InChI is InChI=1S/C24H21F4N5O3S/c1-36-23-16(14-32(31-23)19-6-2-17(3-7-19)24(26,27)28)12-30-22(34)21-10-15(11-29)13-33(21)37(35)20-8-4-18(25)5-9-20/h2-9,14-15,21H,10,12-13H2,1H3,(H,30,34)/t15?,21-,37?/m0/s1. The van der Waals surface area contributed by atoms with Crippen LogP contribution < -0.4 is 10.1 Å². The highest BCUT2D eigenvalue weighted by Crippen LogP contribution is 2.30. The molecule has 4 rings (SSSR count). The van der Waals surface area contributed by atoms with Crippen molar-refractivity contribution in [3.63, 3.8) is 0 Å². The molecule has 0 aliphatic carbocycles. The van der Waals surface area contributed by atoms with E-state index in [1.165, 1.54) is 58.7 Å². The van der Waals surface area contributed by atoms with Gasteiger partial charge in [0, 0.05) is 19.3 Å². The molecular formula is C24H21F4N5O3S. The van der Waals surface area contributed by atoms with Crippen LogP contribution in [-0.2, 0) is 28.5 Å². The van der Waals surface area contributed by atoms with Gasteiger partial charge in [-0.05, 0) is 55.0 Å². The highest BCUT2D eigenvalue weighted by Gasteiger charge is 2.40. The third-order valence-corrected chi connectivity index (χ3v) is 7.33. The van der Waals surface area contributed by atoms with Crippen molar-refractivity contribution in [2.75, 3.05) is 13.7 Å². The highest BCUT2D eigenvalue weighted by atomic mass is 32.2. The predicted molar refractivity (Wildman–Crippen MR) is 124 cm³/mol. The Labute approximate surface area is 212 Å². The van der Waals surface area contributed by atoms with Gasteiger partial charge >= 0.3 is 6.18 Å². The van der Waals surface area contributed by atoms with Crippen molar-refractivity contribution in [1.82, 2.24) is 19.4 Å². The van der Waals surface area contributed by atoms with Crippen LogP contribution in [0.25, 0.3) is 5.69 Å². The predicted octanol–water partition coefficient (Wildman–Crippen LogP) is 3.59. The lowest BCUT2D eigenvalue weighted by Gasteiger charge is -2.22. The second-order valence-electron chi connectivity index (χ2n) is 8.25. The number of methoxy groups -OCH3 is 1. The van der Waals surface area contributed by atoms with Gasteiger partial charge in [0.25, 0.3) is 0 Å². The fourth-order valence-corrected chi connectivity index (χ4v) is 5.30. The van der Waals surface area contributed by atoms with Gasteiger partial charge in [0.15, 0.2) is 0 Å². The zero-order valence-electron chi connectivity index (χ0n) is 19.4. The first kappa shape index (κ1) is 26.3. The summed E-state index contributed by atoms with van der Waals surface area (Å²) in [7, 11) is -0.422. The fraction of sp³-hybridized carbons (Fsp3) is 0.292. The van der Waals surface area contributed by atoms with E-state index in [2.05, 4.69) is 16.5 Å². The summed E-state index contributed by atoms with van der Waals surface area (Å²) >= 11 is 0. The lowest BCUT2D eigenvalue weighted by molar-refractivity contribution is -0.137. The van der Waals surface area contributed by atoms with Crippen molar-refractivity contribution in [3.05, 3.63) is 71.7 Å². The van der Waals surface area contributed by atoms with Gasteiger partial charge < -0.3 is 10.1 Å². The van der Waals surface area contributed by atoms with E-state index in [-0.39, 0.29) is 25.4 Å². The highest BCUT2D eigenvalue weighted by molar-refractivity contribution is 7.82. The topological polar surface area (TPSA) is 100 Å². The monoisotopic (exact) mass is 535 g/mol. The summed E-state index contributed by atoms with van der Waals surface area (Å²) in [5.74, 6) is -1.32. The van der Waals surface area contributed by atoms with E-state index in [4.69, 9.17) is 4.74 Å². The summed E-state index contributed by atoms with van der Waals surface area (Å²) in [6.45, 7) is 0.0706. The lowest BCUT2D eigenvalue weighted by Crippen LogP contribution is -2.43. The largest absolute Gasteiger partial charge is 0.480 e. The Morgan fingerprint density at radius 3 is 2.49 bits per heavy atom. The van der Waals surface area contributed by atoms with Crippen LogP contribution in [0.5, 0.6) is 5.88 Å². The molecule has 13 heteroatoms. The van der Waals surface area contributed by atoms with Gasteiger partial charge in [0.2, 0.25) is 11.8 Å². The first-order valence-electron chi connectivity index (χ1n) is 11.0. The number of ether oxygens (including phenoxy) is 1. The number of carbonyl (C=O) groups excluding carboxylic acids is 1. The SMILES string of the molecule is COc1nn(-c2ccc(C(F)(F)F)cc2)cc1CNC(=O)[C@@H]1CC(C#N)CN1S(=O)c1ccc(F)cc1. The molecule has 1 N–H and O–H groups in total. The minimum absolute atomic E-state index is 0.0343. The maximum atomic E-state index is 13.3. The van der Waals surface area contributed by atoms with E-state index in [1.54, 1.807) is 0 Å². The van der Waals surface area contributed by atoms with Crippen molar-refractivity contribution < 1.29 is 31.3 Å². The zero-order chi connectivity index (χ0) is 26.7. The van der Waals surface area contributed by atoms with Crippen LogP contribution in [0.15, 0.2) is 59.6 Å². The summed E-state index contributed by atoms with van der Waals surface area (Å²) in [6.07, 6.45) is -2.78. The number of amides is 1. The molecule has 1 fully saturated rings. The molecule has 1 aliphatic heterocycles. The van der Waals surface area contributed by atoms with E-state index in [1.807, 2.05) is 0 Å². The molecule has 1 saturated heterocycles. The van der Waals surface area contributed by atoms with E-state index >= 15 is 0 Å². The van der Waals surface area contributed by atoms with Crippen LogP contribution in [0.2, 0.25) is 0 Å². The molecule has 8 nitrogen and oxygen atoms in total. The van der Waals surface area contributed by atoms with Gasteiger partial charge in [0.1, 0.15) is 22.8 Å². The summed E-state index contributed by atoms with van der Waals surface area (Å²) in [5.41, 5.74) is 0.0202. The Kier molecular flexibility index (Phi) is 7.60. The molecule has 1 aromatic heterocycles. The summed E-state index contributed by atoms with van der Waals surface area (Å²) in [5, 5.41) is 16.3. The second kappa shape index (κ2) is 10.7.